The summed E-state index contributed by atoms with van der Waals surface area (Å²) in [4.78, 5) is 19.9. The van der Waals surface area contributed by atoms with Gasteiger partial charge in [-0.3, -0.25) is 9.80 Å². The lowest BCUT2D eigenvalue weighted by Crippen LogP contribution is -2.49. The normalized spacial score (nSPS) is 20.7. The van der Waals surface area contributed by atoms with E-state index < -0.39 is 28.9 Å². The minimum absolute atomic E-state index is 0.233. The molecule has 3 N–H and O–H groups in total. The molecule has 3 rings (SSSR count). The van der Waals surface area contributed by atoms with Crippen LogP contribution in [0.25, 0.3) is 0 Å². The lowest BCUT2D eigenvalue weighted by atomic mass is 9.84. The number of hydrazine groups is 1. The molecule has 2 aromatic rings. The molecule has 1 aliphatic heterocycles. The van der Waals surface area contributed by atoms with Crippen molar-refractivity contribution in [2.45, 2.75) is 64.4 Å². The van der Waals surface area contributed by atoms with Crippen molar-refractivity contribution in [2.75, 3.05) is 5.01 Å². The van der Waals surface area contributed by atoms with Gasteiger partial charge < -0.3 is 10.1 Å². The van der Waals surface area contributed by atoms with Crippen LogP contribution in [0.1, 0.15) is 62.7 Å². The molecule has 0 radical (unpaired) electrons. The van der Waals surface area contributed by atoms with Gasteiger partial charge in [0, 0.05) is 0 Å². The minimum Gasteiger partial charge on any atom is -0.390 e. The van der Waals surface area contributed by atoms with Crippen molar-refractivity contribution in [3.63, 3.8) is 0 Å². The second-order valence-electron chi connectivity index (χ2n) is 8.45. The van der Waals surface area contributed by atoms with Crippen LogP contribution in [0.15, 0.2) is 29.1 Å². The molecule has 1 aromatic carbocycles. The van der Waals surface area contributed by atoms with Crippen LogP contribution in [-0.4, -0.2) is 20.7 Å². The Kier molecular flexibility index (Phi) is 5.03. The van der Waals surface area contributed by atoms with E-state index in [4.69, 9.17) is 0 Å². The average molecular weight is 410 g/mol. The van der Waals surface area contributed by atoms with Gasteiger partial charge in [-0.25, -0.2) is 10.4 Å². The van der Waals surface area contributed by atoms with Crippen molar-refractivity contribution in [1.82, 2.24) is 15.4 Å². The first-order valence-electron chi connectivity index (χ1n) is 9.29. The summed E-state index contributed by atoms with van der Waals surface area (Å²) in [5.41, 5.74) is 1.29. The zero-order valence-corrected chi connectivity index (χ0v) is 17.0. The molecule has 158 valence electrons. The standard InChI is InChI=1S/C20H25F3N4O2/c1-11(13-6-8-14(9-7-13)20(21,22)23)27-16-15(17(28)25-12(2)24-16)19(5,26-27)10-18(3,4)29/h6-9,11,26,29H,10H2,1-5H3,(H,24,25,28). The molecule has 1 aromatic heterocycles. The fourth-order valence-electron chi connectivity index (χ4n) is 3.99. The van der Waals surface area contributed by atoms with Gasteiger partial charge in [0.15, 0.2) is 5.82 Å². The largest absolute Gasteiger partial charge is 0.416 e. The van der Waals surface area contributed by atoms with E-state index in [0.717, 1.165) is 12.1 Å². The van der Waals surface area contributed by atoms with Crippen LogP contribution >= 0.6 is 0 Å². The summed E-state index contributed by atoms with van der Waals surface area (Å²) in [5.74, 6) is 0.832. The van der Waals surface area contributed by atoms with Gasteiger partial charge in [-0.1, -0.05) is 12.1 Å². The molecule has 2 atom stereocenters. The predicted octanol–water partition coefficient (Wildman–Crippen LogP) is 3.56. The van der Waals surface area contributed by atoms with Gasteiger partial charge in [-0.15, -0.1) is 0 Å². The highest BCUT2D eigenvalue weighted by Crippen LogP contribution is 2.42. The highest BCUT2D eigenvalue weighted by Gasteiger charge is 2.46. The SMILES string of the molecule is Cc1nc2c(c(=O)[nH]1)C(C)(CC(C)(C)O)NN2C(C)c1ccc(C(F)(F)F)cc1. The smallest absolute Gasteiger partial charge is 0.390 e. The van der Waals surface area contributed by atoms with Crippen molar-refractivity contribution in [3.8, 4) is 0 Å². The van der Waals surface area contributed by atoms with E-state index in [9.17, 15) is 23.1 Å². The number of halogens is 3. The first kappa shape index (κ1) is 21.3. The van der Waals surface area contributed by atoms with Gasteiger partial charge in [0.2, 0.25) is 0 Å². The van der Waals surface area contributed by atoms with Gasteiger partial charge in [-0.05, 0) is 58.7 Å². The lowest BCUT2D eigenvalue weighted by molar-refractivity contribution is -0.137. The Morgan fingerprint density at radius 2 is 1.83 bits per heavy atom. The van der Waals surface area contributed by atoms with E-state index >= 15 is 0 Å². The van der Waals surface area contributed by atoms with E-state index in [2.05, 4.69) is 15.4 Å². The quantitative estimate of drug-likeness (QED) is 0.718. The van der Waals surface area contributed by atoms with E-state index in [1.54, 1.807) is 32.7 Å². The number of H-pyrrole nitrogens is 1. The molecule has 0 aliphatic carbocycles. The third kappa shape index (κ3) is 4.16. The lowest BCUT2D eigenvalue weighted by Gasteiger charge is -2.34. The van der Waals surface area contributed by atoms with Gasteiger partial charge in [-0.2, -0.15) is 13.2 Å². The number of aryl methyl sites for hydroxylation is 1. The second kappa shape index (κ2) is 6.84. The number of rotatable bonds is 4. The average Bonchev–Trinajstić information content (AvgIpc) is 2.84. The third-order valence-electron chi connectivity index (χ3n) is 5.06. The summed E-state index contributed by atoms with van der Waals surface area (Å²) in [6, 6.07) is 4.50. The number of aromatic nitrogens is 2. The fraction of sp³-hybridized carbons (Fsp3) is 0.500. The maximum Gasteiger partial charge on any atom is 0.416 e. The Labute approximate surface area is 166 Å². The van der Waals surface area contributed by atoms with Crippen molar-refractivity contribution in [3.05, 3.63) is 57.1 Å². The fourth-order valence-corrected chi connectivity index (χ4v) is 3.99. The van der Waals surface area contributed by atoms with Gasteiger partial charge in [0.05, 0.1) is 28.3 Å². The molecular formula is C20H25F3N4O2. The molecule has 0 fully saturated rings. The Morgan fingerprint density at radius 3 is 2.34 bits per heavy atom. The maximum absolute atomic E-state index is 12.9. The number of anilines is 1. The minimum atomic E-state index is -4.41. The van der Waals surface area contributed by atoms with Gasteiger partial charge >= 0.3 is 6.18 Å². The molecule has 2 unspecified atom stereocenters. The van der Waals surface area contributed by atoms with Gasteiger partial charge in [0.1, 0.15) is 5.82 Å². The van der Waals surface area contributed by atoms with Crippen molar-refractivity contribution in [2.24, 2.45) is 0 Å². The maximum atomic E-state index is 12.9. The first-order chi connectivity index (χ1) is 13.2. The van der Waals surface area contributed by atoms with Crippen LogP contribution in [0.4, 0.5) is 19.0 Å². The summed E-state index contributed by atoms with van der Waals surface area (Å²) in [6.45, 7) is 8.58. The first-order valence-corrected chi connectivity index (χ1v) is 9.29. The molecule has 2 heterocycles. The topological polar surface area (TPSA) is 81.2 Å². The number of alkyl halides is 3. The number of fused-ring (bicyclic) bond motifs is 1. The predicted molar refractivity (Wildman–Crippen MR) is 103 cm³/mol. The number of aromatic amines is 1. The van der Waals surface area contributed by atoms with Crippen LogP contribution in [0.3, 0.4) is 0 Å². The summed E-state index contributed by atoms with van der Waals surface area (Å²) in [5, 5.41) is 12.1. The molecule has 6 nitrogen and oxygen atoms in total. The van der Waals surface area contributed by atoms with Crippen LogP contribution in [0.2, 0.25) is 0 Å². The highest BCUT2D eigenvalue weighted by atomic mass is 19.4. The molecule has 29 heavy (non-hydrogen) atoms. The Bertz CT molecular complexity index is 964. The Morgan fingerprint density at radius 1 is 1.24 bits per heavy atom. The van der Waals surface area contributed by atoms with Crippen molar-refractivity contribution >= 4 is 5.82 Å². The zero-order chi connectivity index (χ0) is 21.8. The van der Waals surface area contributed by atoms with E-state index in [0.29, 0.717) is 22.8 Å². The number of nitrogens with zero attached hydrogens (tertiary/aromatic N) is 2. The van der Waals surface area contributed by atoms with E-state index in [-0.39, 0.29) is 12.0 Å². The second-order valence-corrected chi connectivity index (χ2v) is 8.45. The van der Waals surface area contributed by atoms with E-state index in [1.807, 2.05) is 6.92 Å². The molecule has 0 bridgehead atoms. The number of aliphatic hydroxyl groups is 1. The van der Waals surface area contributed by atoms with E-state index in [1.165, 1.54) is 12.1 Å². The van der Waals surface area contributed by atoms with Crippen LogP contribution in [-0.2, 0) is 11.7 Å². The third-order valence-corrected chi connectivity index (χ3v) is 5.06. The summed E-state index contributed by atoms with van der Waals surface area (Å²) >= 11 is 0. The number of nitrogens with one attached hydrogen (secondary N) is 2. The zero-order valence-electron chi connectivity index (χ0n) is 17.0. The molecule has 0 saturated heterocycles. The highest BCUT2D eigenvalue weighted by molar-refractivity contribution is 5.56. The molecule has 0 saturated carbocycles. The molecule has 0 amide bonds. The summed E-state index contributed by atoms with van der Waals surface area (Å²) in [6.07, 6.45) is -4.17. The summed E-state index contributed by atoms with van der Waals surface area (Å²) in [7, 11) is 0. The van der Waals surface area contributed by atoms with Crippen LogP contribution in [0, 0.1) is 6.92 Å². The number of benzene rings is 1. The Balaban J connectivity index is 2.04. The summed E-state index contributed by atoms with van der Waals surface area (Å²) < 4.78 is 38.6. The molecular weight excluding hydrogens is 385 g/mol. The van der Waals surface area contributed by atoms with Gasteiger partial charge in [0.25, 0.3) is 5.56 Å². The number of hydrogen-bond acceptors (Lipinski definition) is 5. The van der Waals surface area contributed by atoms with Crippen molar-refractivity contribution < 1.29 is 18.3 Å². The molecule has 9 heteroatoms. The van der Waals surface area contributed by atoms with Crippen molar-refractivity contribution in [1.29, 1.82) is 0 Å². The van der Waals surface area contributed by atoms with Crippen LogP contribution in [0.5, 0.6) is 0 Å². The van der Waals surface area contributed by atoms with Crippen LogP contribution < -0.4 is 16.0 Å². The monoisotopic (exact) mass is 410 g/mol. The number of hydrogen-bond donors (Lipinski definition) is 3. The Hall–Kier alpha value is -2.39. The molecule has 0 spiro atoms. The molecule has 1 aliphatic rings.